The Morgan fingerprint density at radius 2 is 1.95 bits per heavy atom. The maximum absolute atomic E-state index is 12.5. The van der Waals surface area contributed by atoms with Crippen molar-refractivity contribution in [3.8, 4) is 5.75 Å². The van der Waals surface area contributed by atoms with Gasteiger partial charge in [-0.05, 0) is 30.2 Å². The summed E-state index contributed by atoms with van der Waals surface area (Å²) in [4.78, 5) is 13.8. The Morgan fingerprint density at radius 3 is 2.81 bits per heavy atom. The molecule has 0 bridgehead atoms. The molecule has 0 saturated carbocycles. The molecule has 2 aromatic carbocycles. The molecule has 21 heavy (non-hydrogen) atoms. The van der Waals surface area contributed by atoms with Gasteiger partial charge in [0.15, 0.2) is 0 Å². The van der Waals surface area contributed by atoms with Crippen LogP contribution in [0.25, 0.3) is 0 Å². The maximum Gasteiger partial charge on any atom is 0.255 e. The van der Waals surface area contributed by atoms with Crippen LogP contribution in [0.15, 0.2) is 53.4 Å². The molecule has 0 radical (unpaired) electrons. The van der Waals surface area contributed by atoms with Gasteiger partial charge in [-0.15, -0.1) is 11.8 Å². The molecule has 0 aliphatic carbocycles. The molecule has 3 nitrogen and oxygen atoms in total. The molecule has 1 N–H and O–H groups in total. The topological polar surface area (TPSA) is 38.3 Å². The van der Waals surface area contributed by atoms with Crippen LogP contribution < -0.4 is 10.1 Å². The highest BCUT2D eigenvalue weighted by molar-refractivity contribution is 7.99. The highest BCUT2D eigenvalue weighted by Crippen LogP contribution is 2.36. The van der Waals surface area contributed by atoms with Gasteiger partial charge in [-0.2, -0.15) is 0 Å². The SMILES string of the molecule is COc1ccccc1C(=O)N[C@@H]1CCSc2ccccc21. The van der Waals surface area contributed by atoms with Crippen LogP contribution in [0.5, 0.6) is 5.75 Å². The standard InChI is InChI=1S/C17H17NO2S/c1-20-15-8-4-2-7-13(15)17(19)18-14-10-11-21-16-9-5-3-6-12(14)16/h2-9,14H,10-11H2,1H3,(H,18,19)/t14-/m1/s1. The zero-order valence-corrected chi connectivity index (χ0v) is 12.7. The number of hydrogen-bond donors (Lipinski definition) is 1. The zero-order valence-electron chi connectivity index (χ0n) is 11.8. The summed E-state index contributed by atoms with van der Waals surface area (Å²) in [6.45, 7) is 0. The van der Waals surface area contributed by atoms with Gasteiger partial charge in [-0.1, -0.05) is 30.3 Å². The van der Waals surface area contributed by atoms with E-state index in [1.165, 1.54) is 10.5 Å². The van der Waals surface area contributed by atoms with Crippen LogP contribution in [0.4, 0.5) is 0 Å². The summed E-state index contributed by atoms with van der Waals surface area (Å²) in [6, 6.07) is 15.6. The number of nitrogens with one attached hydrogen (secondary N) is 1. The fraction of sp³-hybridized carbons (Fsp3) is 0.235. The quantitative estimate of drug-likeness (QED) is 0.940. The second kappa shape index (κ2) is 6.22. The fourth-order valence-corrected chi connectivity index (χ4v) is 3.69. The van der Waals surface area contributed by atoms with E-state index in [0.29, 0.717) is 11.3 Å². The molecule has 0 aromatic heterocycles. The fourth-order valence-electron chi connectivity index (χ4n) is 2.56. The predicted molar refractivity (Wildman–Crippen MR) is 85.0 cm³/mol. The number of thioether (sulfide) groups is 1. The Morgan fingerprint density at radius 1 is 1.19 bits per heavy atom. The van der Waals surface area contributed by atoms with Crippen molar-refractivity contribution in [3.05, 3.63) is 59.7 Å². The van der Waals surface area contributed by atoms with Crippen LogP contribution in [0, 0.1) is 0 Å². The van der Waals surface area contributed by atoms with E-state index >= 15 is 0 Å². The summed E-state index contributed by atoms with van der Waals surface area (Å²) in [5, 5.41) is 3.13. The second-order valence-electron chi connectivity index (χ2n) is 4.90. The molecule has 0 saturated heterocycles. The van der Waals surface area contributed by atoms with E-state index in [9.17, 15) is 4.79 Å². The number of rotatable bonds is 3. The van der Waals surface area contributed by atoms with Crippen LogP contribution in [0.2, 0.25) is 0 Å². The molecule has 0 fully saturated rings. The average molecular weight is 299 g/mol. The maximum atomic E-state index is 12.5. The third-order valence-electron chi connectivity index (χ3n) is 3.62. The van der Waals surface area contributed by atoms with E-state index in [4.69, 9.17) is 4.74 Å². The number of fused-ring (bicyclic) bond motifs is 1. The number of carbonyl (C=O) groups excluding carboxylic acids is 1. The lowest BCUT2D eigenvalue weighted by molar-refractivity contribution is 0.0932. The summed E-state index contributed by atoms with van der Waals surface area (Å²) in [6.07, 6.45) is 0.947. The Hall–Kier alpha value is -1.94. The van der Waals surface area contributed by atoms with Crippen molar-refractivity contribution in [3.63, 3.8) is 0 Å². The lowest BCUT2D eigenvalue weighted by Gasteiger charge is -2.26. The number of hydrogen-bond acceptors (Lipinski definition) is 3. The molecule has 1 aliphatic heterocycles. The molecule has 0 unspecified atom stereocenters. The lowest BCUT2D eigenvalue weighted by atomic mass is 10.0. The second-order valence-corrected chi connectivity index (χ2v) is 6.04. The van der Waals surface area contributed by atoms with Gasteiger partial charge in [-0.25, -0.2) is 0 Å². The summed E-state index contributed by atoms with van der Waals surface area (Å²) >= 11 is 1.85. The largest absolute Gasteiger partial charge is 0.496 e. The van der Waals surface area contributed by atoms with Crippen LogP contribution >= 0.6 is 11.8 Å². The first kappa shape index (κ1) is 14.0. The van der Waals surface area contributed by atoms with Crippen molar-refractivity contribution >= 4 is 17.7 Å². The average Bonchev–Trinajstić information content (AvgIpc) is 2.55. The molecule has 4 heteroatoms. The first-order chi connectivity index (χ1) is 10.3. The summed E-state index contributed by atoms with van der Waals surface area (Å²) in [5.74, 6) is 1.54. The number of ether oxygens (including phenoxy) is 1. The minimum Gasteiger partial charge on any atom is -0.496 e. The van der Waals surface area contributed by atoms with E-state index in [0.717, 1.165) is 12.2 Å². The third kappa shape index (κ3) is 2.90. The van der Waals surface area contributed by atoms with Gasteiger partial charge in [0.25, 0.3) is 5.91 Å². The van der Waals surface area contributed by atoms with Crippen molar-refractivity contribution in [2.75, 3.05) is 12.9 Å². The lowest BCUT2D eigenvalue weighted by Crippen LogP contribution is -2.30. The van der Waals surface area contributed by atoms with Crippen molar-refractivity contribution in [2.24, 2.45) is 0 Å². The molecule has 1 aliphatic rings. The van der Waals surface area contributed by atoms with Gasteiger partial charge in [0.2, 0.25) is 0 Å². The van der Waals surface area contributed by atoms with Gasteiger partial charge in [0, 0.05) is 10.6 Å². The van der Waals surface area contributed by atoms with E-state index in [-0.39, 0.29) is 11.9 Å². The van der Waals surface area contributed by atoms with E-state index < -0.39 is 0 Å². The number of para-hydroxylation sites is 1. The highest BCUT2D eigenvalue weighted by Gasteiger charge is 2.23. The Labute approximate surface area is 128 Å². The minimum absolute atomic E-state index is 0.0693. The Kier molecular flexibility index (Phi) is 4.15. The smallest absolute Gasteiger partial charge is 0.255 e. The van der Waals surface area contributed by atoms with Crippen molar-refractivity contribution in [1.29, 1.82) is 0 Å². The molecule has 108 valence electrons. The van der Waals surface area contributed by atoms with Gasteiger partial charge < -0.3 is 10.1 Å². The predicted octanol–water partition coefficient (Wildman–Crippen LogP) is 3.66. The first-order valence-corrected chi connectivity index (χ1v) is 7.94. The zero-order chi connectivity index (χ0) is 14.7. The molecule has 1 amide bonds. The summed E-state index contributed by atoms with van der Waals surface area (Å²) in [7, 11) is 1.58. The summed E-state index contributed by atoms with van der Waals surface area (Å²) < 4.78 is 5.26. The number of carbonyl (C=O) groups is 1. The molecule has 1 atom stereocenters. The van der Waals surface area contributed by atoms with Gasteiger partial charge in [0.1, 0.15) is 5.75 Å². The molecule has 3 rings (SSSR count). The minimum atomic E-state index is -0.0841. The van der Waals surface area contributed by atoms with Crippen LogP contribution in [0.1, 0.15) is 28.4 Å². The van der Waals surface area contributed by atoms with Crippen LogP contribution in [-0.4, -0.2) is 18.8 Å². The van der Waals surface area contributed by atoms with E-state index in [1.807, 2.05) is 36.0 Å². The molecular formula is C17H17NO2S. The van der Waals surface area contributed by atoms with Crippen molar-refractivity contribution in [2.45, 2.75) is 17.4 Å². The van der Waals surface area contributed by atoms with E-state index in [2.05, 4.69) is 17.4 Å². The van der Waals surface area contributed by atoms with Crippen LogP contribution in [-0.2, 0) is 0 Å². The Balaban J connectivity index is 1.83. The van der Waals surface area contributed by atoms with Gasteiger partial charge in [0.05, 0.1) is 18.7 Å². The number of methoxy groups -OCH3 is 1. The highest BCUT2D eigenvalue weighted by atomic mass is 32.2. The normalized spacial score (nSPS) is 16.9. The van der Waals surface area contributed by atoms with Crippen molar-refractivity contribution < 1.29 is 9.53 Å². The van der Waals surface area contributed by atoms with Crippen LogP contribution in [0.3, 0.4) is 0 Å². The molecular weight excluding hydrogens is 282 g/mol. The summed E-state index contributed by atoms with van der Waals surface area (Å²) in [5.41, 5.74) is 1.78. The molecule has 1 heterocycles. The third-order valence-corrected chi connectivity index (χ3v) is 4.74. The first-order valence-electron chi connectivity index (χ1n) is 6.95. The molecule has 0 spiro atoms. The number of amides is 1. The van der Waals surface area contributed by atoms with Gasteiger partial charge in [-0.3, -0.25) is 4.79 Å². The molecule has 2 aromatic rings. The Bertz CT molecular complexity index is 657. The van der Waals surface area contributed by atoms with E-state index in [1.54, 1.807) is 19.2 Å². The number of benzene rings is 2. The monoisotopic (exact) mass is 299 g/mol. The van der Waals surface area contributed by atoms with Crippen molar-refractivity contribution in [1.82, 2.24) is 5.32 Å². The van der Waals surface area contributed by atoms with Gasteiger partial charge >= 0.3 is 0 Å².